The van der Waals surface area contributed by atoms with Crippen LogP contribution < -0.4 is 5.32 Å². The van der Waals surface area contributed by atoms with E-state index in [-0.39, 0.29) is 33.9 Å². The van der Waals surface area contributed by atoms with E-state index in [0.717, 1.165) is 0 Å². The summed E-state index contributed by atoms with van der Waals surface area (Å²) in [6, 6.07) is 4.10. The molecule has 8 heteroatoms. The maximum absolute atomic E-state index is 12.7. The third-order valence-electron chi connectivity index (χ3n) is 3.20. The molecule has 1 aliphatic rings. The third kappa shape index (κ3) is 2.65. The molecule has 1 saturated heterocycles. The van der Waals surface area contributed by atoms with Crippen LogP contribution in [0.4, 0.5) is 0 Å². The van der Waals surface area contributed by atoms with Crippen molar-refractivity contribution in [1.82, 2.24) is 9.62 Å². The van der Waals surface area contributed by atoms with E-state index in [4.69, 9.17) is 23.2 Å². The minimum Gasteiger partial charge on any atom is -0.353 e. The minimum atomic E-state index is -3.84. The Bertz CT molecular complexity index is 638. The van der Waals surface area contributed by atoms with Crippen LogP contribution in [0.15, 0.2) is 23.1 Å². The van der Waals surface area contributed by atoms with Gasteiger partial charge in [0, 0.05) is 23.1 Å². The molecule has 110 valence electrons. The van der Waals surface area contributed by atoms with Gasteiger partial charge >= 0.3 is 0 Å². The van der Waals surface area contributed by atoms with Crippen LogP contribution in [0.2, 0.25) is 10.0 Å². The molecule has 20 heavy (non-hydrogen) atoms. The first-order chi connectivity index (χ1) is 9.15. The van der Waals surface area contributed by atoms with Crippen molar-refractivity contribution in [3.05, 3.63) is 28.2 Å². The van der Waals surface area contributed by atoms with Crippen molar-refractivity contribution < 1.29 is 13.2 Å². The van der Waals surface area contributed by atoms with Crippen molar-refractivity contribution in [3.8, 4) is 0 Å². The zero-order chi connectivity index (χ0) is 15.1. The largest absolute Gasteiger partial charge is 0.353 e. The zero-order valence-corrected chi connectivity index (χ0v) is 13.3. The number of halogens is 2. The van der Waals surface area contributed by atoms with Gasteiger partial charge in [-0.3, -0.25) is 4.79 Å². The molecule has 0 unspecified atom stereocenters. The molecule has 1 N–H and O–H groups in total. The number of carbonyl (C=O) groups is 1. The molecule has 0 radical (unpaired) electrons. The van der Waals surface area contributed by atoms with E-state index in [0.29, 0.717) is 0 Å². The quantitative estimate of drug-likeness (QED) is 0.896. The van der Waals surface area contributed by atoms with Crippen molar-refractivity contribution in [2.75, 3.05) is 13.1 Å². The Balaban J connectivity index is 2.51. The fourth-order valence-electron chi connectivity index (χ4n) is 2.11. The number of hydrogen-bond donors (Lipinski definition) is 1. The molecule has 1 fully saturated rings. The first-order valence-corrected chi connectivity index (χ1v) is 8.12. The summed E-state index contributed by atoms with van der Waals surface area (Å²) >= 11 is 11.7. The molecule has 2 rings (SSSR count). The molecule has 1 heterocycles. The predicted octanol–water partition coefficient (Wildman–Crippen LogP) is 1.89. The summed E-state index contributed by atoms with van der Waals surface area (Å²) in [7, 11) is -3.84. The van der Waals surface area contributed by atoms with Gasteiger partial charge in [-0.2, -0.15) is 4.31 Å². The Labute approximate surface area is 127 Å². The molecule has 0 saturated carbocycles. The highest BCUT2D eigenvalue weighted by molar-refractivity contribution is 7.89. The Hall–Kier alpha value is -0.820. The number of benzene rings is 1. The second kappa shape index (κ2) is 5.18. The maximum atomic E-state index is 12.7. The molecule has 0 spiro atoms. The van der Waals surface area contributed by atoms with E-state index in [1.807, 2.05) is 0 Å². The number of nitrogens with zero attached hydrogens (tertiary/aromatic N) is 1. The summed E-state index contributed by atoms with van der Waals surface area (Å²) in [6.45, 7) is 3.59. The average molecular weight is 337 g/mol. The number of nitrogens with one attached hydrogen (secondary N) is 1. The summed E-state index contributed by atoms with van der Waals surface area (Å²) in [5.74, 6) is -0.333. The van der Waals surface area contributed by atoms with Crippen LogP contribution in [-0.2, 0) is 14.8 Å². The summed E-state index contributed by atoms with van der Waals surface area (Å²) in [5.41, 5.74) is -1.16. The summed E-state index contributed by atoms with van der Waals surface area (Å²) in [5, 5.41) is 3.12. The summed E-state index contributed by atoms with van der Waals surface area (Å²) < 4.78 is 26.5. The van der Waals surface area contributed by atoms with Gasteiger partial charge in [-0.05, 0) is 32.0 Å². The molecule has 1 amide bonds. The Morgan fingerprint density at radius 2 is 1.75 bits per heavy atom. The zero-order valence-electron chi connectivity index (χ0n) is 11.0. The second-order valence-corrected chi connectivity index (χ2v) is 7.73. The number of hydrogen-bond acceptors (Lipinski definition) is 3. The molecule has 0 atom stereocenters. The van der Waals surface area contributed by atoms with Crippen LogP contribution >= 0.6 is 23.2 Å². The number of sulfonamides is 1. The fraction of sp³-hybridized carbons (Fsp3) is 0.417. The molecule has 5 nitrogen and oxygen atoms in total. The molecule has 1 aromatic rings. The van der Waals surface area contributed by atoms with Gasteiger partial charge in [0.05, 0.1) is 4.90 Å². The van der Waals surface area contributed by atoms with Crippen molar-refractivity contribution >= 4 is 39.1 Å². The number of piperazine rings is 1. The molecular formula is C12H14Cl2N2O3S. The molecule has 0 aliphatic carbocycles. The monoisotopic (exact) mass is 336 g/mol. The standard InChI is InChI=1S/C12H14Cl2N2O3S/c1-12(2)11(17)15-3-4-16(12)20(18,19)10-6-8(13)5-9(14)7-10/h5-7H,3-4H2,1-2H3,(H,15,17). The highest BCUT2D eigenvalue weighted by Crippen LogP contribution is 2.29. The van der Waals surface area contributed by atoms with Crippen molar-refractivity contribution in [2.45, 2.75) is 24.3 Å². The van der Waals surface area contributed by atoms with E-state index in [1.165, 1.54) is 22.5 Å². The van der Waals surface area contributed by atoms with E-state index in [2.05, 4.69) is 5.32 Å². The summed E-state index contributed by atoms with van der Waals surface area (Å²) in [4.78, 5) is 11.9. The second-order valence-electron chi connectivity index (χ2n) is 5.00. The maximum Gasteiger partial charge on any atom is 0.244 e. The first kappa shape index (κ1) is 15.6. The Morgan fingerprint density at radius 3 is 2.30 bits per heavy atom. The molecule has 0 aromatic heterocycles. The van der Waals surface area contributed by atoms with Crippen LogP contribution in [-0.4, -0.2) is 37.3 Å². The van der Waals surface area contributed by atoms with Gasteiger partial charge in [0.2, 0.25) is 15.9 Å². The van der Waals surface area contributed by atoms with Gasteiger partial charge in [-0.15, -0.1) is 0 Å². The Kier molecular flexibility index (Phi) is 4.03. The minimum absolute atomic E-state index is 0.0159. The first-order valence-electron chi connectivity index (χ1n) is 5.93. The van der Waals surface area contributed by atoms with Crippen molar-refractivity contribution in [1.29, 1.82) is 0 Å². The predicted molar refractivity (Wildman–Crippen MR) is 77.4 cm³/mol. The van der Waals surface area contributed by atoms with E-state index < -0.39 is 15.6 Å². The lowest BCUT2D eigenvalue weighted by Crippen LogP contribution is -2.63. The fourth-order valence-corrected chi connectivity index (χ4v) is 4.58. The van der Waals surface area contributed by atoms with Gasteiger partial charge in [0.15, 0.2) is 0 Å². The summed E-state index contributed by atoms with van der Waals surface area (Å²) in [6.07, 6.45) is 0. The highest BCUT2D eigenvalue weighted by atomic mass is 35.5. The van der Waals surface area contributed by atoms with Gasteiger partial charge < -0.3 is 5.32 Å². The number of carbonyl (C=O) groups excluding carboxylic acids is 1. The van der Waals surface area contributed by atoms with Crippen LogP contribution in [0.5, 0.6) is 0 Å². The van der Waals surface area contributed by atoms with Gasteiger partial charge in [0.1, 0.15) is 5.54 Å². The number of amides is 1. The Morgan fingerprint density at radius 1 is 1.20 bits per heavy atom. The smallest absolute Gasteiger partial charge is 0.244 e. The van der Waals surface area contributed by atoms with E-state index in [1.54, 1.807) is 13.8 Å². The van der Waals surface area contributed by atoms with E-state index >= 15 is 0 Å². The van der Waals surface area contributed by atoms with Crippen LogP contribution in [0.3, 0.4) is 0 Å². The third-order valence-corrected chi connectivity index (χ3v) is 5.69. The van der Waals surface area contributed by atoms with E-state index in [9.17, 15) is 13.2 Å². The van der Waals surface area contributed by atoms with Gasteiger partial charge in [-0.1, -0.05) is 23.2 Å². The lowest BCUT2D eigenvalue weighted by atomic mass is 10.0. The normalized spacial score (nSPS) is 19.7. The van der Waals surface area contributed by atoms with Gasteiger partial charge in [-0.25, -0.2) is 8.42 Å². The van der Waals surface area contributed by atoms with Gasteiger partial charge in [0.25, 0.3) is 0 Å². The van der Waals surface area contributed by atoms with Crippen molar-refractivity contribution in [3.63, 3.8) is 0 Å². The lowest BCUT2D eigenvalue weighted by Gasteiger charge is -2.39. The molecular weight excluding hydrogens is 323 g/mol. The molecule has 1 aromatic carbocycles. The lowest BCUT2D eigenvalue weighted by molar-refractivity contribution is -0.131. The van der Waals surface area contributed by atoms with Crippen LogP contribution in [0, 0.1) is 0 Å². The van der Waals surface area contributed by atoms with Crippen molar-refractivity contribution in [2.24, 2.45) is 0 Å². The SMILES string of the molecule is CC1(C)C(=O)NCCN1S(=O)(=O)c1cc(Cl)cc(Cl)c1. The number of rotatable bonds is 2. The topological polar surface area (TPSA) is 66.5 Å². The average Bonchev–Trinajstić information content (AvgIpc) is 2.31. The highest BCUT2D eigenvalue weighted by Gasteiger charge is 2.44. The van der Waals surface area contributed by atoms with Crippen LogP contribution in [0.25, 0.3) is 0 Å². The molecule has 1 aliphatic heterocycles. The molecule has 0 bridgehead atoms. The van der Waals surface area contributed by atoms with Crippen LogP contribution in [0.1, 0.15) is 13.8 Å².